The molecule has 0 spiro atoms. The molecule has 2 aromatic rings. The van der Waals surface area contributed by atoms with Crippen LogP contribution in [0.25, 0.3) is 0 Å². The first kappa shape index (κ1) is 13.6. The zero-order valence-corrected chi connectivity index (χ0v) is 12.0. The Hall–Kier alpha value is -1.80. The van der Waals surface area contributed by atoms with Crippen molar-refractivity contribution in [3.05, 3.63) is 64.7 Å². The second-order valence-corrected chi connectivity index (χ2v) is 5.25. The van der Waals surface area contributed by atoms with E-state index in [0.717, 1.165) is 22.4 Å². The van der Waals surface area contributed by atoms with E-state index in [1.54, 1.807) is 0 Å². The van der Waals surface area contributed by atoms with E-state index >= 15 is 0 Å². The first-order chi connectivity index (χ1) is 8.99. The average molecular weight is 255 g/mol. The van der Waals surface area contributed by atoms with Crippen LogP contribution >= 0.6 is 0 Å². The summed E-state index contributed by atoms with van der Waals surface area (Å²) in [5.41, 5.74) is 5.30. The fourth-order valence-corrected chi connectivity index (χ4v) is 2.21. The summed E-state index contributed by atoms with van der Waals surface area (Å²) in [6.07, 6.45) is -0.570. The number of anilines is 1. The molecule has 0 saturated carbocycles. The van der Waals surface area contributed by atoms with Gasteiger partial charge in [-0.3, -0.25) is 0 Å². The highest BCUT2D eigenvalue weighted by Gasteiger charge is 2.13. The van der Waals surface area contributed by atoms with Crippen LogP contribution in [0.2, 0.25) is 0 Å². The van der Waals surface area contributed by atoms with Gasteiger partial charge in [0.05, 0.1) is 0 Å². The minimum atomic E-state index is -0.570. The van der Waals surface area contributed by atoms with Crippen LogP contribution in [-0.4, -0.2) is 19.2 Å². The molecule has 2 rings (SSSR count). The third kappa shape index (κ3) is 2.96. The normalized spacial score (nSPS) is 12.3. The maximum absolute atomic E-state index is 10.6. The third-order valence-corrected chi connectivity index (χ3v) is 3.43. The molecule has 2 aromatic carbocycles. The summed E-state index contributed by atoms with van der Waals surface area (Å²) in [4.78, 5) is 2.04. The van der Waals surface area contributed by atoms with E-state index in [9.17, 15) is 5.11 Å². The molecule has 0 amide bonds. The van der Waals surface area contributed by atoms with E-state index in [-0.39, 0.29) is 0 Å². The number of aryl methyl sites for hydroxylation is 2. The summed E-state index contributed by atoms with van der Waals surface area (Å²) < 4.78 is 0. The van der Waals surface area contributed by atoms with Gasteiger partial charge in [-0.05, 0) is 42.7 Å². The highest BCUT2D eigenvalue weighted by atomic mass is 16.3. The van der Waals surface area contributed by atoms with Crippen molar-refractivity contribution in [1.82, 2.24) is 0 Å². The van der Waals surface area contributed by atoms with E-state index in [2.05, 4.69) is 18.2 Å². The molecule has 0 bridgehead atoms. The predicted molar refractivity (Wildman–Crippen MR) is 80.7 cm³/mol. The molecule has 0 aromatic heterocycles. The van der Waals surface area contributed by atoms with Gasteiger partial charge < -0.3 is 10.0 Å². The molecule has 0 aliphatic heterocycles. The van der Waals surface area contributed by atoms with Crippen molar-refractivity contribution in [2.45, 2.75) is 20.0 Å². The van der Waals surface area contributed by atoms with Crippen molar-refractivity contribution in [3.63, 3.8) is 0 Å². The number of rotatable bonds is 3. The first-order valence-electron chi connectivity index (χ1n) is 6.51. The highest BCUT2D eigenvalue weighted by Crippen LogP contribution is 2.27. The number of aliphatic hydroxyl groups excluding tert-OH is 1. The lowest BCUT2D eigenvalue weighted by atomic mass is 9.95. The topological polar surface area (TPSA) is 23.5 Å². The molecule has 0 aliphatic carbocycles. The Balaban J connectivity index is 2.41. The van der Waals surface area contributed by atoms with Crippen molar-refractivity contribution >= 4 is 5.69 Å². The van der Waals surface area contributed by atoms with Gasteiger partial charge in [0, 0.05) is 19.8 Å². The Morgan fingerprint density at radius 1 is 1.00 bits per heavy atom. The molecule has 19 heavy (non-hydrogen) atoms. The van der Waals surface area contributed by atoms with Crippen molar-refractivity contribution in [1.29, 1.82) is 0 Å². The molecular weight excluding hydrogens is 234 g/mol. The van der Waals surface area contributed by atoms with E-state index in [1.807, 2.05) is 57.1 Å². The van der Waals surface area contributed by atoms with Crippen LogP contribution in [0.5, 0.6) is 0 Å². The van der Waals surface area contributed by atoms with Gasteiger partial charge in [0.15, 0.2) is 0 Å². The number of aliphatic hydroxyl groups is 1. The Labute approximate surface area is 115 Å². The van der Waals surface area contributed by atoms with Gasteiger partial charge in [0.2, 0.25) is 0 Å². The first-order valence-corrected chi connectivity index (χ1v) is 6.51. The minimum absolute atomic E-state index is 0.570. The summed E-state index contributed by atoms with van der Waals surface area (Å²) >= 11 is 0. The second kappa shape index (κ2) is 5.45. The minimum Gasteiger partial charge on any atom is -0.384 e. The number of hydrogen-bond acceptors (Lipinski definition) is 2. The maximum Gasteiger partial charge on any atom is 0.104 e. The lowest BCUT2D eigenvalue weighted by Gasteiger charge is -2.18. The van der Waals surface area contributed by atoms with E-state index in [4.69, 9.17) is 0 Å². The molecule has 1 unspecified atom stereocenters. The van der Waals surface area contributed by atoms with Gasteiger partial charge in [-0.2, -0.15) is 0 Å². The Morgan fingerprint density at radius 3 is 2.42 bits per heavy atom. The van der Waals surface area contributed by atoms with E-state index < -0.39 is 6.10 Å². The SMILES string of the molecule is Cc1ccc(C)c(C(O)c2cccc(N(C)C)c2)c1. The highest BCUT2D eigenvalue weighted by molar-refractivity contribution is 5.49. The summed E-state index contributed by atoms with van der Waals surface area (Å²) in [5.74, 6) is 0. The van der Waals surface area contributed by atoms with Gasteiger partial charge in [-0.1, -0.05) is 35.9 Å². The Bertz CT molecular complexity index is 575. The summed E-state index contributed by atoms with van der Waals surface area (Å²) in [6.45, 7) is 4.08. The molecular formula is C17H21NO. The van der Waals surface area contributed by atoms with Crippen LogP contribution in [-0.2, 0) is 0 Å². The summed E-state index contributed by atoms with van der Waals surface area (Å²) in [5, 5.41) is 10.6. The molecule has 0 aliphatic rings. The molecule has 1 N–H and O–H groups in total. The maximum atomic E-state index is 10.6. The predicted octanol–water partition coefficient (Wildman–Crippen LogP) is 3.45. The van der Waals surface area contributed by atoms with Crippen LogP contribution in [0, 0.1) is 13.8 Å². The van der Waals surface area contributed by atoms with Crippen LogP contribution in [0.15, 0.2) is 42.5 Å². The molecule has 100 valence electrons. The van der Waals surface area contributed by atoms with Gasteiger partial charge >= 0.3 is 0 Å². The average Bonchev–Trinajstić information content (AvgIpc) is 2.41. The lowest BCUT2D eigenvalue weighted by molar-refractivity contribution is 0.219. The van der Waals surface area contributed by atoms with Gasteiger partial charge in [0.1, 0.15) is 6.10 Å². The van der Waals surface area contributed by atoms with Crippen LogP contribution in [0.3, 0.4) is 0 Å². The molecule has 2 heteroatoms. The number of nitrogens with zero attached hydrogens (tertiary/aromatic N) is 1. The zero-order valence-electron chi connectivity index (χ0n) is 12.0. The van der Waals surface area contributed by atoms with Gasteiger partial charge in [-0.15, -0.1) is 0 Å². The van der Waals surface area contributed by atoms with Crippen LogP contribution in [0.1, 0.15) is 28.4 Å². The van der Waals surface area contributed by atoms with Crippen molar-refractivity contribution in [2.75, 3.05) is 19.0 Å². The molecule has 0 fully saturated rings. The fourth-order valence-electron chi connectivity index (χ4n) is 2.21. The molecule has 0 heterocycles. The van der Waals surface area contributed by atoms with Crippen molar-refractivity contribution in [2.24, 2.45) is 0 Å². The smallest absolute Gasteiger partial charge is 0.104 e. The quantitative estimate of drug-likeness (QED) is 0.908. The molecule has 1 atom stereocenters. The van der Waals surface area contributed by atoms with E-state index in [0.29, 0.717) is 0 Å². The summed E-state index contributed by atoms with van der Waals surface area (Å²) in [6, 6.07) is 14.2. The largest absolute Gasteiger partial charge is 0.384 e. The van der Waals surface area contributed by atoms with Crippen LogP contribution in [0.4, 0.5) is 5.69 Å². The molecule has 0 saturated heterocycles. The van der Waals surface area contributed by atoms with E-state index in [1.165, 1.54) is 5.56 Å². The summed E-state index contributed by atoms with van der Waals surface area (Å²) in [7, 11) is 4.01. The third-order valence-electron chi connectivity index (χ3n) is 3.43. The van der Waals surface area contributed by atoms with Gasteiger partial charge in [-0.25, -0.2) is 0 Å². The lowest BCUT2D eigenvalue weighted by Crippen LogP contribution is -2.10. The number of hydrogen-bond donors (Lipinski definition) is 1. The van der Waals surface area contributed by atoms with Gasteiger partial charge in [0.25, 0.3) is 0 Å². The Morgan fingerprint density at radius 2 is 1.74 bits per heavy atom. The molecule has 2 nitrogen and oxygen atoms in total. The molecule has 0 radical (unpaired) electrons. The van der Waals surface area contributed by atoms with Crippen molar-refractivity contribution < 1.29 is 5.11 Å². The zero-order chi connectivity index (χ0) is 14.0. The standard InChI is InChI=1S/C17H21NO/c1-12-8-9-13(2)16(10-12)17(19)14-6-5-7-15(11-14)18(3)4/h5-11,17,19H,1-4H3. The monoisotopic (exact) mass is 255 g/mol. The second-order valence-electron chi connectivity index (χ2n) is 5.25. The fraction of sp³-hybridized carbons (Fsp3) is 0.294. The van der Waals surface area contributed by atoms with Crippen LogP contribution < -0.4 is 4.90 Å². The number of benzene rings is 2. The Kier molecular flexibility index (Phi) is 3.91. The van der Waals surface area contributed by atoms with Crippen molar-refractivity contribution in [3.8, 4) is 0 Å².